The van der Waals surface area contributed by atoms with Crippen LogP contribution in [0.3, 0.4) is 0 Å². The van der Waals surface area contributed by atoms with Gasteiger partial charge < -0.3 is 15.8 Å². The molecule has 0 aromatic heterocycles. The molecule has 0 aliphatic rings. The Balaban J connectivity index is 2.80. The van der Waals surface area contributed by atoms with E-state index in [0.29, 0.717) is 23.9 Å². The first-order valence-electron chi connectivity index (χ1n) is 6.63. The van der Waals surface area contributed by atoms with E-state index < -0.39 is 0 Å². The molecule has 3 N–H and O–H groups in total. The zero-order chi connectivity index (χ0) is 14.4. The summed E-state index contributed by atoms with van der Waals surface area (Å²) in [4.78, 5) is 12.2. The van der Waals surface area contributed by atoms with Gasteiger partial charge in [0.25, 0.3) is 0 Å². The SMILES string of the molecule is COc1cc(C)ccc1NC(=O)C(CN)CC(C)C. The number of ether oxygens (including phenoxy) is 1. The normalized spacial score (nSPS) is 12.3. The molecule has 1 rings (SSSR count). The second-order valence-electron chi connectivity index (χ2n) is 5.26. The van der Waals surface area contributed by atoms with E-state index in [4.69, 9.17) is 10.5 Å². The van der Waals surface area contributed by atoms with Crippen LogP contribution >= 0.6 is 0 Å². The highest BCUT2D eigenvalue weighted by Gasteiger charge is 2.19. The molecule has 1 atom stereocenters. The van der Waals surface area contributed by atoms with Gasteiger partial charge in [-0.25, -0.2) is 0 Å². The molecule has 0 saturated carbocycles. The van der Waals surface area contributed by atoms with E-state index in [-0.39, 0.29) is 11.8 Å². The monoisotopic (exact) mass is 264 g/mol. The van der Waals surface area contributed by atoms with Crippen molar-refractivity contribution in [3.8, 4) is 5.75 Å². The Morgan fingerprint density at radius 1 is 1.42 bits per heavy atom. The number of hydrogen-bond donors (Lipinski definition) is 2. The first kappa shape index (κ1) is 15.5. The molecule has 19 heavy (non-hydrogen) atoms. The largest absolute Gasteiger partial charge is 0.495 e. The standard InChI is InChI=1S/C15H24N2O2/c1-10(2)7-12(9-16)15(18)17-13-6-5-11(3)8-14(13)19-4/h5-6,8,10,12H,7,9,16H2,1-4H3,(H,17,18). The Bertz CT molecular complexity index is 430. The van der Waals surface area contributed by atoms with E-state index in [0.717, 1.165) is 12.0 Å². The summed E-state index contributed by atoms with van der Waals surface area (Å²) in [6.45, 7) is 6.51. The van der Waals surface area contributed by atoms with Gasteiger partial charge >= 0.3 is 0 Å². The molecule has 106 valence electrons. The Morgan fingerprint density at radius 3 is 2.63 bits per heavy atom. The number of methoxy groups -OCH3 is 1. The fourth-order valence-electron chi connectivity index (χ4n) is 2.02. The molecule has 0 saturated heterocycles. The summed E-state index contributed by atoms with van der Waals surface area (Å²) < 4.78 is 5.28. The molecule has 0 spiro atoms. The summed E-state index contributed by atoms with van der Waals surface area (Å²) in [6.07, 6.45) is 0.788. The van der Waals surface area contributed by atoms with Crippen LogP contribution in [0.1, 0.15) is 25.8 Å². The van der Waals surface area contributed by atoms with Gasteiger partial charge in [0.15, 0.2) is 0 Å². The van der Waals surface area contributed by atoms with Gasteiger partial charge in [0.1, 0.15) is 5.75 Å². The molecule has 1 amide bonds. The van der Waals surface area contributed by atoms with Crippen LogP contribution in [0, 0.1) is 18.8 Å². The average molecular weight is 264 g/mol. The first-order valence-corrected chi connectivity index (χ1v) is 6.63. The van der Waals surface area contributed by atoms with Crippen molar-refractivity contribution in [3.05, 3.63) is 23.8 Å². The van der Waals surface area contributed by atoms with Crippen molar-refractivity contribution in [2.75, 3.05) is 19.0 Å². The highest BCUT2D eigenvalue weighted by atomic mass is 16.5. The Morgan fingerprint density at radius 2 is 2.11 bits per heavy atom. The lowest BCUT2D eigenvalue weighted by Crippen LogP contribution is -2.30. The fourth-order valence-corrected chi connectivity index (χ4v) is 2.02. The van der Waals surface area contributed by atoms with Gasteiger partial charge in [-0.1, -0.05) is 19.9 Å². The molecular formula is C15H24N2O2. The Hall–Kier alpha value is -1.55. The van der Waals surface area contributed by atoms with Crippen molar-refractivity contribution < 1.29 is 9.53 Å². The van der Waals surface area contributed by atoms with E-state index >= 15 is 0 Å². The molecule has 0 radical (unpaired) electrons. The van der Waals surface area contributed by atoms with Crippen molar-refractivity contribution >= 4 is 11.6 Å². The van der Waals surface area contributed by atoms with Crippen molar-refractivity contribution in [3.63, 3.8) is 0 Å². The van der Waals surface area contributed by atoms with Crippen LogP contribution in [0.4, 0.5) is 5.69 Å². The van der Waals surface area contributed by atoms with E-state index in [9.17, 15) is 4.79 Å². The summed E-state index contributed by atoms with van der Waals surface area (Å²) in [5.41, 5.74) is 7.46. The summed E-state index contributed by atoms with van der Waals surface area (Å²) in [7, 11) is 1.60. The molecule has 1 aromatic carbocycles. The highest BCUT2D eigenvalue weighted by Crippen LogP contribution is 2.26. The van der Waals surface area contributed by atoms with E-state index in [1.165, 1.54) is 0 Å². The highest BCUT2D eigenvalue weighted by molar-refractivity contribution is 5.94. The quantitative estimate of drug-likeness (QED) is 0.830. The lowest BCUT2D eigenvalue weighted by atomic mass is 9.96. The Labute approximate surface area is 115 Å². The maximum atomic E-state index is 12.2. The molecule has 0 bridgehead atoms. The number of aryl methyl sites for hydroxylation is 1. The number of benzene rings is 1. The van der Waals surface area contributed by atoms with Crippen LogP contribution in [-0.4, -0.2) is 19.6 Å². The summed E-state index contributed by atoms with van der Waals surface area (Å²) in [6, 6.07) is 5.70. The maximum Gasteiger partial charge on any atom is 0.228 e. The molecule has 1 unspecified atom stereocenters. The second kappa shape index (κ2) is 7.14. The van der Waals surface area contributed by atoms with Crippen molar-refractivity contribution in [1.29, 1.82) is 0 Å². The Kier molecular flexibility index (Phi) is 5.83. The average Bonchev–Trinajstić information content (AvgIpc) is 2.37. The molecule has 4 heteroatoms. The third kappa shape index (κ3) is 4.56. The molecular weight excluding hydrogens is 240 g/mol. The van der Waals surface area contributed by atoms with Gasteiger partial charge in [-0.05, 0) is 37.0 Å². The van der Waals surface area contributed by atoms with Crippen LogP contribution in [0.25, 0.3) is 0 Å². The van der Waals surface area contributed by atoms with E-state index in [2.05, 4.69) is 19.2 Å². The molecule has 4 nitrogen and oxygen atoms in total. The number of nitrogens with one attached hydrogen (secondary N) is 1. The molecule has 1 aromatic rings. The maximum absolute atomic E-state index is 12.2. The smallest absolute Gasteiger partial charge is 0.228 e. The number of anilines is 1. The fraction of sp³-hybridized carbons (Fsp3) is 0.533. The number of amides is 1. The summed E-state index contributed by atoms with van der Waals surface area (Å²) in [5, 5.41) is 2.90. The van der Waals surface area contributed by atoms with Gasteiger partial charge in [0.2, 0.25) is 5.91 Å². The van der Waals surface area contributed by atoms with E-state index in [1.807, 2.05) is 25.1 Å². The van der Waals surface area contributed by atoms with E-state index in [1.54, 1.807) is 7.11 Å². The minimum absolute atomic E-state index is 0.0432. The zero-order valence-corrected chi connectivity index (χ0v) is 12.2. The number of rotatable bonds is 6. The van der Waals surface area contributed by atoms with Crippen molar-refractivity contribution in [2.45, 2.75) is 27.2 Å². The third-order valence-electron chi connectivity index (χ3n) is 3.03. The molecule has 0 heterocycles. The minimum Gasteiger partial charge on any atom is -0.495 e. The van der Waals surface area contributed by atoms with Crippen LogP contribution in [0.15, 0.2) is 18.2 Å². The second-order valence-corrected chi connectivity index (χ2v) is 5.26. The van der Waals surface area contributed by atoms with Gasteiger partial charge in [0, 0.05) is 6.54 Å². The summed E-state index contributed by atoms with van der Waals surface area (Å²) in [5.74, 6) is 0.914. The number of nitrogens with two attached hydrogens (primary N) is 1. The van der Waals surface area contributed by atoms with Crippen LogP contribution in [-0.2, 0) is 4.79 Å². The van der Waals surface area contributed by atoms with Gasteiger partial charge in [-0.3, -0.25) is 4.79 Å². The lowest BCUT2D eigenvalue weighted by molar-refractivity contribution is -0.120. The third-order valence-corrected chi connectivity index (χ3v) is 3.03. The topological polar surface area (TPSA) is 64.3 Å². The van der Waals surface area contributed by atoms with Gasteiger partial charge in [-0.15, -0.1) is 0 Å². The number of carbonyl (C=O) groups is 1. The summed E-state index contributed by atoms with van der Waals surface area (Å²) >= 11 is 0. The van der Waals surface area contributed by atoms with Gasteiger partial charge in [0.05, 0.1) is 18.7 Å². The predicted molar refractivity (Wildman–Crippen MR) is 78.4 cm³/mol. The van der Waals surface area contributed by atoms with Crippen LogP contribution < -0.4 is 15.8 Å². The first-order chi connectivity index (χ1) is 8.97. The van der Waals surface area contributed by atoms with Crippen LogP contribution in [0.5, 0.6) is 5.75 Å². The predicted octanol–water partition coefficient (Wildman–Crippen LogP) is 2.56. The van der Waals surface area contributed by atoms with Crippen molar-refractivity contribution in [1.82, 2.24) is 0 Å². The molecule has 0 aliphatic carbocycles. The van der Waals surface area contributed by atoms with Crippen molar-refractivity contribution in [2.24, 2.45) is 17.6 Å². The number of carbonyl (C=O) groups excluding carboxylic acids is 1. The lowest BCUT2D eigenvalue weighted by Gasteiger charge is -2.18. The zero-order valence-electron chi connectivity index (χ0n) is 12.2. The van der Waals surface area contributed by atoms with Gasteiger partial charge in [-0.2, -0.15) is 0 Å². The molecule has 0 aliphatic heterocycles. The number of hydrogen-bond acceptors (Lipinski definition) is 3. The minimum atomic E-state index is -0.161. The van der Waals surface area contributed by atoms with Crippen LogP contribution in [0.2, 0.25) is 0 Å². The molecule has 0 fully saturated rings.